The molecule has 8 nitrogen and oxygen atoms in total. The number of nitrogen functional groups attached to an aromatic ring is 1. The Balaban J connectivity index is 1.92. The zero-order valence-electron chi connectivity index (χ0n) is 10.3. The van der Waals surface area contributed by atoms with E-state index >= 15 is 0 Å². The Hall–Kier alpha value is -2.29. The number of hydrogen-bond donors (Lipinski definition) is 2. The molecule has 2 aromatic rings. The first-order chi connectivity index (χ1) is 9.56. The molecule has 1 fully saturated rings. The smallest absolute Gasteiger partial charge is 0.344 e. The summed E-state index contributed by atoms with van der Waals surface area (Å²) in [6.45, 7) is 0. The summed E-state index contributed by atoms with van der Waals surface area (Å²) in [5.74, 6) is 0. The van der Waals surface area contributed by atoms with E-state index < -0.39 is 4.92 Å². The number of nitro benzene ring substituents is 1. The number of aromatic nitrogens is 3. The zero-order chi connectivity index (χ0) is 14.3. The molecule has 20 heavy (non-hydrogen) atoms. The second-order valence-electron chi connectivity index (χ2n) is 4.49. The predicted octanol–water partition coefficient (Wildman–Crippen LogP) is 1.55. The largest absolute Gasteiger partial charge is 0.398 e. The van der Waals surface area contributed by atoms with Gasteiger partial charge >= 0.3 is 5.69 Å². The summed E-state index contributed by atoms with van der Waals surface area (Å²) in [6.07, 6.45) is 1.92. The molecule has 0 saturated heterocycles. The molecule has 3 rings (SSSR count). The molecular weight excluding hydrogens is 282 g/mol. The van der Waals surface area contributed by atoms with Crippen LogP contribution in [0.3, 0.4) is 0 Å². The van der Waals surface area contributed by atoms with Crippen molar-refractivity contribution in [3.8, 4) is 0 Å². The minimum atomic E-state index is -0.501. The van der Waals surface area contributed by atoms with Crippen LogP contribution in [-0.2, 0) is 0 Å². The van der Waals surface area contributed by atoms with Gasteiger partial charge in [0, 0.05) is 23.1 Å². The highest BCUT2D eigenvalue weighted by molar-refractivity contribution is 7.99. The average Bonchev–Trinajstić information content (AvgIpc) is 3.17. The quantitative estimate of drug-likeness (QED) is 0.501. The van der Waals surface area contributed by atoms with E-state index in [0.717, 1.165) is 12.8 Å². The fraction of sp³-hybridized carbons (Fsp3) is 0.273. The Morgan fingerprint density at radius 1 is 1.50 bits per heavy atom. The molecule has 1 heterocycles. The molecule has 1 aliphatic carbocycles. The summed E-state index contributed by atoms with van der Waals surface area (Å²) in [7, 11) is 0. The number of aromatic amines is 1. The van der Waals surface area contributed by atoms with Gasteiger partial charge in [-0.3, -0.25) is 14.7 Å². The molecule has 0 amide bonds. The average molecular weight is 293 g/mol. The standard InChI is InChI=1S/C11H11N5O3S/c12-8-5-7(16(18)19)3-4-9(8)20-11-14-13-10(17)15(11)6-1-2-6/h3-6H,1-2,12H2,(H,13,17). The minimum absolute atomic E-state index is 0.0616. The number of nitro groups is 1. The van der Waals surface area contributed by atoms with Gasteiger partial charge in [0.15, 0.2) is 5.16 Å². The van der Waals surface area contributed by atoms with E-state index in [1.54, 1.807) is 10.6 Å². The fourth-order valence-electron chi connectivity index (χ4n) is 1.86. The molecule has 104 valence electrons. The number of rotatable bonds is 4. The highest BCUT2D eigenvalue weighted by atomic mass is 32.2. The van der Waals surface area contributed by atoms with Crippen LogP contribution in [0.25, 0.3) is 0 Å². The van der Waals surface area contributed by atoms with Crippen LogP contribution >= 0.6 is 11.8 Å². The van der Waals surface area contributed by atoms with Gasteiger partial charge in [-0.15, -0.1) is 5.10 Å². The monoisotopic (exact) mass is 293 g/mol. The molecule has 3 N–H and O–H groups in total. The van der Waals surface area contributed by atoms with Crippen LogP contribution in [0.1, 0.15) is 18.9 Å². The number of benzene rings is 1. The summed E-state index contributed by atoms with van der Waals surface area (Å²) in [5, 5.41) is 17.6. The van der Waals surface area contributed by atoms with Gasteiger partial charge in [-0.1, -0.05) is 0 Å². The first-order valence-corrected chi connectivity index (χ1v) is 6.76. The fourth-order valence-corrected chi connectivity index (χ4v) is 2.79. The Morgan fingerprint density at radius 3 is 2.85 bits per heavy atom. The highest BCUT2D eigenvalue weighted by Crippen LogP contribution is 2.39. The van der Waals surface area contributed by atoms with Gasteiger partial charge < -0.3 is 5.73 Å². The van der Waals surface area contributed by atoms with Crippen LogP contribution < -0.4 is 11.4 Å². The Labute approximate surface area is 117 Å². The lowest BCUT2D eigenvalue weighted by Gasteiger charge is -2.05. The normalized spacial score (nSPS) is 14.4. The first-order valence-electron chi connectivity index (χ1n) is 5.95. The van der Waals surface area contributed by atoms with E-state index in [4.69, 9.17) is 5.73 Å². The Morgan fingerprint density at radius 2 is 2.25 bits per heavy atom. The third-order valence-corrected chi connectivity index (χ3v) is 4.05. The van der Waals surface area contributed by atoms with Gasteiger partial charge in [-0.05, 0) is 30.7 Å². The van der Waals surface area contributed by atoms with Gasteiger partial charge in [0.1, 0.15) is 0 Å². The van der Waals surface area contributed by atoms with Gasteiger partial charge in [0.2, 0.25) is 0 Å². The predicted molar refractivity (Wildman–Crippen MR) is 72.8 cm³/mol. The van der Waals surface area contributed by atoms with Crippen molar-refractivity contribution >= 4 is 23.1 Å². The number of anilines is 1. The van der Waals surface area contributed by atoms with Gasteiger partial charge in [-0.25, -0.2) is 9.89 Å². The van der Waals surface area contributed by atoms with E-state index in [2.05, 4.69) is 10.2 Å². The van der Waals surface area contributed by atoms with Crippen molar-refractivity contribution in [1.29, 1.82) is 0 Å². The highest BCUT2D eigenvalue weighted by Gasteiger charge is 2.29. The maximum absolute atomic E-state index is 11.7. The second kappa shape index (κ2) is 4.67. The van der Waals surface area contributed by atoms with E-state index in [0.29, 0.717) is 15.7 Å². The third kappa shape index (κ3) is 2.27. The molecule has 0 aliphatic heterocycles. The van der Waals surface area contributed by atoms with Crippen molar-refractivity contribution in [2.45, 2.75) is 28.9 Å². The number of nitrogens with two attached hydrogens (primary N) is 1. The molecule has 1 aliphatic rings. The van der Waals surface area contributed by atoms with E-state index in [1.165, 1.54) is 23.9 Å². The summed E-state index contributed by atoms with van der Waals surface area (Å²) in [6, 6.07) is 4.44. The molecule has 0 radical (unpaired) electrons. The molecule has 1 saturated carbocycles. The molecule has 0 bridgehead atoms. The number of nitrogens with one attached hydrogen (secondary N) is 1. The zero-order valence-corrected chi connectivity index (χ0v) is 11.1. The second-order valence-corrected chi connectivity index (χ2v) is 5.50. The summed E-state index contributed by atoms with van der Waals surface area (Å²) >= 11 is 1.22. The topological polar surface area (TPSA) is 120 Å². The van der Waals surface area contributed by atoms with Crippen LogP contribution in [0.5, 0.6) is 0 Å². The SMILES string of the molecule is Nc1cc([N+](=O)[O-])ccc1Sc1n[nH]c(=O)n1C1CC1. The van der Waals surface area contributed by atoms with Crippen molar-refractivity contribution in [3.05, 3.63) is 38.8 Å². The molecule has 1 aromatic heterocycles. The molecule has 9 heteroatoms. The van der Waals surface area contributed by atoms with Gasteiger partial charge in [0.05, 0.1) is 10.6 Å². The van der Waals surface area contributed by atoms with Crippen molar-refractivity contribution in [3.63, 3.8) is 0 Å². The number of non-ortho nitro benzene ring substituents is 1. The minimum Gasteiger partial charge on any atom is -0.398 e. The van der Waals surface area contributed by atoms with Crippen molar-refractivity contribution in [2.75, 3.05) is 5.73 Å². The first kappa shape index (κ1) is 12.7. The number of hydrogen-bond acceptors (Lipinski definition) is 6. The lowest BCUT2D eigenvalue weighted by molar-refractivity contribution is -0.384. The molecular formula is C11H11N5O3S. The summed E-state index contributed by atoms with van der Waals surface area (Å²) < 4.78 is 1.60. The molecule has 0 unspecified atom stereocenters. The summed E-state index contributed by atoms with van der Waals surface area (Å²) in [5.41, 5.74) is 5.80. The van der Waals surface area contributed by atoms with Crippen LogP contribution in [0.15, 0.2) is 33.0 Å². The van der Waals surface area contributed by atoms with Crippen molar-refractivity contribution in [2.24, 2.45) is 0 Å². The maximum Gasteiger partial charge on any atom is 0.344 e. The van der Waals surface area contributed by atoms with Crippen molar-refractivity contribution < 1.29 is 4.92 Å². The van der Waals surface area contributed by atoms with Gasteiger partial charge in [0.25, 0.3) is 5.69 Å². The van der Waals surface area contributed by atoms with E-state index in [1.807, 2.05) is 0 Å². The number of nitrogens with zero attached hydrogens (tertiary/aromatic N) is 3. The third-order valence-electron chi connectivity index (χ3n) is 2.99. The Bertz CT molecular complexity index is 734. The Kier molecular flexibility index (Phi) is 2.97. The van der Waals surface area contributed by atoms with E-state index in [-0.39, 0.29) is 17.4 Å². The summed E-state index contributed by atoms with van der Waals surface area (Å²) in [4.78, 5) is 22.4. The molecule has 1 aromatic carbocycles. The van der Waals surface area contributed by atoms with E-state index in [9.17, 15) is 14.9 Å². The van der Waals surface area contributed by atoms with Crippen molar-refractivity contribution in [1.82, 2.24) is 14.8 Å². The molecule has 0 spiro atoms. The maximum atomic E-state index is 11.7. The molecule has 0 atom stereocenters. The van der Waals surface area contributed by atoms with Gasteiger partial charge in [-0.2, -0.15) is 0 Å². The van der Waals surface area contributed by atoms with Crippen LogP contribution in [0.2, 0.25) is 0 Å². The van der Waals surface area contributed by atoms with Crippen LogP contribution in [-0.4, -0.2) is 19.7 Å². The lowest BCUT2D eigenvalue weighted by Crippen LogP contribution is -2.16. The van der Waals surface area contributed by atoms with Crippen LogP contribution in [0, 0.1) is 10.1 Å². The lowest BCUT2D eigenvalue weighted by atomic mass is 10.3. The van der Waals surface area contributed by atoms with Crippen LogP contribution in [0.4, 0.5) is 11.4 Å². The number of H-pyrrole nitrogens is 1.